The van der Waals surface area contributed by atoms with E-state index in [9.17, 15) is 4.79 Å². The van der Waals surface area contributed by atoms with Crippen LogP contribution in [0.4, 0.5) is 0 Å². The topological polar surface area (TPSA) is 52.3 Å². The van der Waals surface area contributed by atoms with Crippen LogP contribution in [0.5, 0.6) is 0 Å². The van der Waals surface area contributed by atoms with E-state index in [0.29, 0.717) is 13.0 Å². The van der Waals surface area contributed by atoms with E-state index in [2.05, 4.69) is 20.7 Å². The summed E-state index contributed by atoms with van der Waals surface area (Å²) < 4.78 is 5.66. The second-order valence-electron chi connectivity index (χ2n) is 2.85. The molecule has 0 saturated heterocycles. The van der Waals surface area contributed by atoms with Crippen molar-refractivity contribution in [3.8, 4) is 0 Å². The van der Waals surface area contributed by atoms with Crippen molar-refractivity contribution in [2.75, 3.05) is 13.7 Å². The minimum Gasteiger partial charge on any atom is -0.469 e. The van der Waals surface area contributed by atoms with E-state index < -0.39 is 0 Å². The molecule has 0 bridgehead atoms. The molecule has 0 aliphatic carbocycles. The Morgan fingerprint density at radius 3 is 2.86 bits per heavy atom. The zero-order valence-electron chi connectivity index (χ0n) is 7.83. The van der Waals surface area contributed by atoms with E-state index in [4.69, 9.17) is 5.73 Å². The van der Waals surface area contributed by atoms with Gasteiger partial charge in [0.05, 0.1) is 17.3 Å². The molecule has 3 nitrogen and oxygen atoms in total. The molecule has 0 radical (unpaired) electrons. The minimum atomic E-state index is -0.218. The van der Waals surface area contributed by atoms with Gasteiger partial charge in [0.25, 0.3) is 0 Å². The summed E-state index contributed by atoms with van der Waals surface area (Å²) in [7, 11) is 1.39. The van der Waals surface area contributed by atoms with E-state index in [0.717, 1.165) is 8.66 Å². The maximum atomic E-state index is 11.1. The smallest absolute Gasteiger partial charge is 0.306 e. The lowest BCUT2D eigenvalue weighted by atomic mass is 10.0. The number of esters is 1. The van der Waals surface area contributed by atoms with Crippen molar-refractivity contribution in [3.05, 3.63) is 20.8 Å². The van der Waals surface area contributed by atoms with Crippen molar-refractivity contribution in [3.63, 3.8) is 0 Å². The summed E-state index contributed by atoms with van der Waals surface area (Å²) in [4.78, 5) is 12.2. The number of halogens is 1. The monoisotopic (exact) mass is 277 g/mol. The largest absolute Gasteiger partial charge is 0.469 e. The van der Waals surface area contributed by atoms with Crippen LogP contribution in [0, 0.1) is 0 Å². The molecule has 1 aromatic rings. The first kappa shape index (κ1) is 11.7. The van der Waals surface area contributed by atoms with Crippen LogP contribution in [0.25, 0.3) is 0 Å². The molecule has 0 saturated carbocycles. The van der Waals surface area contributed by atoms with Gasteiger partial charge in [-0.1, -0.05) is 0 Å². The quantitative estimate of drug-likeness (QED) is 0.858. The van der Waals surface area contributed by atoms with Crippen molar-refractivity contribution in [2.45, 2.75) is 12.3 Å². The fourth-order valence-electron chi connectivity index (χ4n) is 1.13. The normalized spacial score (nSPS) is 12.5. The first-order valence-electron chi connectivity index (χ1n) is 4.19. The third-order valence-electron chi connectivity index (χ3n) is 1.92. The lowest BCUT2D eigenvalue weighted by molar-refractivity contribution is -0.141. The van der Waals surface area contributed by atoms with E-state index >= 15 is 0 Å². The Kier molecular flexibility index (Phi) is 4.57. The van der Waals surface area contributed by atoms with Crippen LogP contribution < -0.4 is 5.73 Å². The number of carbonyl (C=O) groups is 1. The Bertz CT molecular complexity index is 314. The van der Waals surface area contributed by atoms with Gasteiger partial charge in [-0.05, 0) is 28.1 Å². The van der Waals surface area contributed by atoms with Gasteiger partial charge in [-0.15, -0.1) is 11.3 Å². The second kappa shape index (κ2) is 5.48. The maximum absolute atomic E-state index is 11.1. The van der Waals surface area contributed by atoms with Gasteiger partial charge in [-0.25, -0.2) is 0 Å². The summed E-state index contributed by atoms with van der Waals surface area (Å²) in [5.74, 6) is -0.149. The second-order valence-corrected chi connectivity index (χ2v) is 5.35. The highest BCUT2D eigenvalue weighted by atomic mass is 79.9. The Morgan fingerprint density at radius 2 is 2.43 bits per heavy atom. The summed E-state index contributed by atoms with van der Waals surface area (Å²) in [6.07, 6.45) is 0.347. The first-order valence-corrected chi connectivity index (χ1v) is 5.80. The molecule has 2 N–H and O–H groups in total. The molecular weight excluding hydrogens is 266 g/mol. The van der Waals surface area contributed by atoms with Crippen LogP contribution in [0.1, 0.15) is 17.2 Å². The summed E-state index contributed by atoms with van der Waals surface area (Å²) in [5.41, 5.74) is 5.60. The summed E-state index contributed by atoms with van der Waals surface area (Å²) >= 11 is 4.98. The lowest BCUT2D eigenvalue weighted by Gasteiger charge is -2.10. The van der Waals surface area contributed by atoms with Crippen LogP contribution in [0.15, 0.2) is 15.9 Å². The number of ether oxygens (including phenoxy) is 1. The number of nitrogens with two attached hydrogens (primary N) is 1. The molecule has 14 heavy (non-hydrogen) atoms. The average Bonchev–Trinajstić information content (AvgIpc) is 2.60. The van der Waals surface area contributed by atoms with Crippen molar-refractivity contribution in [1.82, 2.24) is 0 Å². The Morgan fingerprint density at radius 1 is 1.71 bits per heavy atom. The number of hydrogen-bond acceptors (Lipinski definition) is 4. The van der Waals surface area contributed by atoms with Gasteiger partial charge in [0.15, 0.2) is 0 Å². The third-order valence-corrected chi connectivity index (χ3v) is 3.71. The predicted molar refractivity (Wildman–Crippen MR) is 60.4 cm³/mol. The van der Waals surface area contributed by atoms with Gasteiger partial charge in [-0.3, -0.25) is 4.79 Å². The number of carbonyl (C=O) groups excluding carboxylic acids is 1. The maximum Gasteiger partial charge on any atom is 0.306 e. The molecule has 0 fully saturated rings. The van der Waals surface area contributed by atoms with Crippen molar-refractivity contribution in [2.24, 2.45) is 5.73 Å². The van der Waals surface area contributed by atoms with E-state index in [1.165, 1.54) is 7.11 Å². The van der Waals surface area contributed by atoms with Crippen LogP contribution >= 0.6 is 27.3 Å². The van der Waals surface area contributed by atoms with Crippen molar-refractivity contribution >= 4 is 33.2 Å². The van der Waals surface area contributed by atoms with E-state index in [1.807, 2.05) is 12.1 Å². The lowest BCUT2D eigenvalue weighted by Crippen LogP contribution is -2.16. The van der Waals surface area contributed by atoms with E-state index in [1.54, 1.807) is 11.3 Å². The average molecular weight is 278 g/mol. The highest BCUT2D eigenvalue weighted by Crippen LogP contribution is 2.29. The van der Waals surface area contributed by atoms with Crippen LogP contribution in [-0.2, 0) is 9.53 Å². The highest BCUT2D eigenvalue weighted by Gasteiger charge is 2.16. The van der Waals surface area contributed by atoms with Gasteiger partial charge >= 0.3 is 5.97 Å². The molecule has 5 heteroatoms. The van der Waals surface area contributed by atoms with Crippen LogP contribution in [0.3, 0.4) is 0 Å². The Hall–Kier alpha value is -0.390. The van der Waals surface area contributed by atoms with Gasteiger partial charge in [0, 0.05) is 17.3 Å². The van der Waals surface area contributed by atoms with Gasteiger partial charge < -0.3 is 10.5 Å². The summed E-state index contributed by atoms with van der Waals surface area (Å²) in [6, 6.07) is 3.94. The number of hydrogen-bond donors (Lipinski definition) is 1. The van der Waals surface area contributed by atoms with Gasteiger partial charge in [0.1, 0.15) is 0 Å². The summed E-state index contributed by atoms with van der Waals surface area (Å²) in [6.45, 7) is 0.460. The standard InChI is InChI=1S/C9H12BrNO2S/c1-13-9(12)4-6(5-11)7-2-3-8(10)14-7/h2-3,6H,4-5,11H2,1H3. The zero-order valence-corrected chi connectivity index (χ0v) is 10.2. The van der Waals surface area contributed by atoms with Gasteiger partial charge in [0.2, 0.25) is 0 Å². The fraction of sp³-hybridized carbons (Fsp3) is 0.444. The number of thiophene rings is 1. The Balaban J connectivity index is 2.67. The number of methoxy groups -OCH3 is 1. The Labute approximate surface area is 95.4 Å². The molecule has 1 unspecified atom stereocenters. The van der Waals surface area contributed by atoms with Crippen LogP contribution in [-0.4, -0.2) is 19.6 Å². The molecule has 0 aliphatic rings. The third kappa shape index (κ3) is 3.08. The molecule has 0 aromatic carbocycles. The predicted octanol–water partition coefficient (Wildman–Crippen LogP) is 2.12. The molecule has 1 heterocycles. The van der Waals surface area contributed by atoms with Crippen LogP contribution in [0.2, 0.25) is 0 Å². The zero-order chi connectivity index (χ0) is 10.6. The highest BCUT2D eigenvalue weighted by molar-refractivity contribution is 9.11. The van der Waals surface area contributed by atoms with Gasteiger partial charge in [-0.2, -0.15) is 0 Å². The minimum absolute atomic E-state index is 0.0683. The van der Waals surface area contributed by atoms with Crippen molar-refractivity contribution in [1.29, 1.82) is 0 Å². The van der Waals surface area contributed by atoms with E-state index in [-0.39, 0.29) is 11.9 Å². The molecular formula is C9H12BrNO2S. The molecule has 0 aliphatic heterocycles. The molecule has 1 rings (SSSR count). The molecule has 0 amide bonds. The van der Waals surface area contributed by atoms with Crippen molar-refractivity contribution < 1.29 is 9.53 Å². The molecule has 0 spiro atoms. The molecule has 78 valence electrons. The molecule has 1 aromatic heterocycles. The SMILES string of the molecule is COC(=O)CC(CN)c1ccc(Br)s1. The fourth-order valence-corrected chi connectivity index (χ4v) is 2.67. The number of rotatable bonds is 4. The summed E-state index contributed by atoms with van der Waals surface area (Å²) in [5, 5.41) is 0. The molecule has 1 atom stereocenters. The first-order chi connectivity index (χ1) is 6.67.